The van der Waals surface area contributed by atoms with E-state index in [9.17, 15) is 4.79 Å². The zero-order chi connectivity index (χ0) is 18.2. The predicted octanol–water partition coefficient (Wildman–Crippen LogP) is 6.21. The summed E-state index contributed by atoms with van der Waals surface area (Å²) in [7, 11) is 0. The number of aliphatic carboxylic acids is 1. The second-order valence-electron chi connectivity index (χ2n) is 6.82. The lowest BCUT2D eigenvalue weighted by atomic mass is 10.1. The van der Waals surface area contributed by atoms with Gasteiger partial charge in [-0.1, -0.05) is 62.6 Å². The highest BCUT2D eigenvalue weighted by atomic mass is 16.6. The van der Waals surface area contributed by atoms with Crippen LogP contribution in [0.15, 0.2) is 36.5 Å². The Balaban J connectivity index is 1.90. The molecule has 0 aromatic carbocycles. The molecule has 142 valence electrons. The maximum Gasteiger partial charge on any atom is 0.303 e. The fourth-order valence-corrected chi connectivity index (χ4v) is 2.79. The second-order valence-corrected chi connectivity index (χ2v) is 6.82. The van der Waals surface area contributed by atoms with E-state index in [1.54, 1.807) is 0 Å². The molecule has 2 atom stereocenters. The van der Waals surface area contributed by atoms with Gasteiger partial charge in [-0.05, 0) is 51.4 Å². The van der Waals surface area contributed by atoms with Gasteiger partial charge in [0.25, 0.3) is 0 Å². The standard InChI is InChI=1S/C22H36O3/c1-2-3-4-5-6-7-8-11-14-17-20-21(25-20)18-15-12-9-10-13-16-19-22(23)24/h6-7,11-12,14-15,20-21H,2-5,8-10,13,16-19H2,1H3,(H,23,24)/b7-6-,14-11-,15-12-/t20-,21+/m1/s1. The van der Waals surface area contributed by atoms with Gasteiger partial charge in [0.05, 0.1) is 12.2 Å². The van der Waals surface area contributed by atoms with Crippen molar-refractivity contribution in [2.24, 2.45) is 0 Å². The number of epoxide rings is 1. The third-order valence-electron chi connectivity index (χ3n) is 4.43. The average Bonchev–Trinajstić information content (AvgIpc) is 3.34. The highest BCUT2D eigenvalue weighted by Gasteiger charge is 2.35. The Labute approximate surface area is 153 Å². The molecule has 25 heavy (non-hydrogen) atoms. The summed E-state index contributed by atoms with van der Waals surface area (Å²) in [4.78, 5) is 10.4. The Kier molecular flexibility index (Phi) is 13.0. The third-order valence-corrected chi connectivity index (χ3v) is 4.43. The Morgan fingerprint density at radius 1 is 0.840 bits per heavy atom. The van der Waals surface area contributed by atoms with Gasteiger partial charge >= 0.3 is 5.97 Å². The number of carboxylic acids is 1. The molecular formula is C22H36O3. The molecule has 0 saturated carbocycles. The average molecular weight is 349 g/mol. The third kappa shape index (κ3) is 13.6. The van der Waals surface area contributed by atoms with E-state index in [-0.39, 0.29) is 0 Å². The van der Waals surface area contributed by atoms with Crippen molar-refractivity contribution in [2.45, 2.75) is 96.2 Å². The Bertz CT molecular complexity index is 423. The molecule has 0 aliphatic carbocycles. The minimum absolute atomic E-state index is 0.295. The van der Waals surface area contributed by atoms with E-state index in [1.165, 1.54) is 25.7 Å². The first-order chi connectivity index (χ1) is 12.2. The molecule has 1 rings (SSSR count). The van der Waals surface area contributed by atoms with Gasteiger partial charge in [0.1, 0.15) is 0 Å². The number of carbonyl (C=O) groups is 1. The first-order valence-corrected chi connectivity index (χ1v) is 10.1. The van der Waals surface area contributed by atoms with Crippen molar-refractivity contribution in [3.05, 3.63) is 36.5 Å². The number of rotatable bonds is 16. The number of allylic oxidation sites excluding steroid dienone is 4. The van der Waals surface area contributed by atoms with E-state index in [0.717, 1.165) is 44.9 Å². The SMILES string of the molecule is CCCCC/C=C\C/C=C\C[C@H]1O[C@H]1C/C=C\CCCCCC(=O)O. The Morgan fingerprint density at radius 3 is 2.12 bits per heavy atom. The zero-order valence-electron chi connectivity index (χ0n) is 15.9. The number of ether oxygens (including phenoxy) is 1. The molecule has 1 aliphatic rings. The van der Waals surface area contributed by atoms with Gasteiger partial charge in [0.15, 0.2) is 0 Å². The summed E-state index contributed by atoms with van der Waals surface area (Å²) in [5.74, 6) is -0.690. The maximum atomic E-state index is 10.4. The van der Waals surface area contributed by atoms with E-state index in [0.29, 0.717) is 18.6 Å². The van der Waals surface area contributed by atoms with Crippen LogP contribution in [-0.2, 0) is 9.53 Å². The van der Waals surface area contributed by atoms with Crippen LogP contribution >= 0.6 is 0 Å². The van der Waals surface area contributed by atoms with Crippen LogP contribution in [-0.4, -0.2) is 23.3 Å². The smallest absolute Gasteiger partial charge is 0.303 e. The molecule has 0 amide bonds. The van der Waals surface area contributed by atoms with Gasteiger partial charge < -0.3 is 9.84 Å². The summed E-state index contributed by atoms with van der Waals surface area (Å²) in [5, 5.41) is 8.55. The zero-order valence-corrected chi connectivity index (χ0v) is 15.9. The summed E-state index contributed by atoms with van der Waals surface area (Å²) in [6.07, 6.45) is 26.7. The molecule has 3 nitrogen and oxygen atoms in total. The van der Waals surface area contributed by atoms with Gasteiger partial charge in [-0.3, -0.25) is 4.79 Å². The molecule has 1 aliphatic heterocycles. The van der Waals surface area contributed by atoms with Crippen LogP contribution in [0.1, 0.15) is 84.0 Å². The van der Waals surface area contributed by atoms with Crippen molar-refractivity contribution in [3.63, 3.8) is 0 Å². The van der Waals surface area contributed by atoms with Crippen LogP contribution in [0.4, 0.5) is 0 Å². The molecule has 1 heterocycles. The van der Waals surface area contributed by atoms with E-state index in [4.69, 9.17) is 9.84 Å². The van der Waals surface area contributed by atoms with Gasteiger partial charge in [-0.25, -0.2) is 0 Å². The molecule has 0 aromatic rings. The minimum Gasteiger partial charge on any atom is -0.481 e. The summed E-state index contributed by atoms with van der Waals surface area (Å²) < 4.78 is 5.67. The van der Waals surface area contributed by atoms with Crippen LogP contribution in [0.2, 0.25) is 0 Å². The Morgan fingerprint density at radius 2 is 1.44 bits per heavy atom. The van der Waals surface area contributed by atoms with Crippen LogP contribution in [0.5, 0.6) is 0 Å². The van der Waals surface area contributed by atoms with Crippen molar-refractivity contribution < 1.29 is 14.6 Å². The van der Waals surface area contributed by atoms with Crippen molar-refractivity contribution in [3.8, 4) is 0 Å². The van der Waals surface area contributed by atoms with E-state index in [1.807, 2.05) is 0 Å². The number of carboxylic acid groups (broad SMARTS) is 1. The lowest BCUT2D eigenvalue weighted by Crippen LogP contribution is -1.93. The largest absolute Gasteiger partial charge is 0.481 e. The van der Waals surface area contributed by atoms with Gasteiger partial charge in [0.2, 0.25) is 0 Å². The molecule has 0 aromatic heterocycles. The van der Waals surface area contributed by atoms with Crippen LogP contribution in [0, 0.1) is 0 Å². The molecule has 0 bridgehead atoms. The molecule has 1 N–H and O–H groups in total. The summed E-state index contributed by atoms with van der Waals surface area (Å²) in [5.41, 5.74) is 0. The van der Waals surface area contributed by atoms with E-state index >= 15 is 0 Å². The van der Waals surface area contributed by atoms with Gasteiger partial charge in [-0.15, -0.1) is 0 Å². The molecule has 0 spiro atoms. The molecule has 0 unspecified atom stereocenters. The molecule has 3 heteroatoms. The maximum absolute atomic E-state index is 10.4. The van der Waals surface area contributed by atoms with Gasteiger partial charge in [0, 0.05) is 6.42 Å². The fourth-order valence-electron chi connectivity index (χ4n) is 2.79. The summed E-state index contributed by atoms with van der Waals surface area (Å²) in [6.45, 7) is 2.24. The van der Waals surface area contributed by atoms with E-state index in [2.05, 4.69) is 43.4 Å². The van der Waals surface area contributed by atoms with Crippen molar-refractivity contribution in [1.82, 2.24) is 0 Å². The van der Waals surface area contributed by atoms with Crippen molar-refractivity contribution >= 4 is 5.97 Å². The highest BCUT2D eigenvalue weighted by molar-refractivity contribution is 5.66. The van der Waals surface area contributed by atoms with Crippen LogP contribution < -0.4 is 0 Å². The molecular weight excluding hydrogens is 312 g/mol. The first kappa shape index (κ1) is 21.7. The minimum atomic E-state index is -0.690. The monoisotopic (exact) mass is 348 g/mol. The second kappa shape index (κ2) is 14.9. The fraction of sp³-hybridized carbons (Fsp3) is 0.682. The summed E-state index contributed by atoms with van der Waals surface area (Å²) in [6, 6.07) is 0. The van der Waals surface area contributed by atoms with Crippen LogP contribution in [0.25, 0.3) is 0 Å². The number of hydrogen-bond donors (Lipinski definition) is 1. The number of unbranched alkanes of at least 4 members (excludes halogenated alkanes) is 6. The Hall–Kier alpha value is -1.35. The lowest BCUT2D eigenvalue weighted by Gasteiger charge is -1.95. The normalized spacial score (nSPS) is 20.2. The predicted molar refractivity (Wildman–Crippen MR) is 105 cm³/mol. The van der Waals surface area contributed by atoms with Crippen LogP contribution in [0.3, 0.4) is 0 Å². The molecule has 0 radical (unpaired) electrons. The van der Waals surface area contributed by atoms with Gasteiger partial charge in [-0.2, -0.15) is 0 Å². The summed E-state index contributed by atoms with van der Waals surface area (Å²) >= 11 is 0. The highest BCUT2D eigenvalue weighted by Crippen LogP contribution is 2.29. The molecule has 1 saturated heterocycles. The lowest BCUT2D eigenvalue weighted by molar-refractivity contribution is -0.137. The number of hydrogen-bond acceptors (Lipinski definition) is 2. The topological polar surface area (TPSA) is 49.8 Å². The van der Waals surface area contributed by atoms with Crippen molar-refractivity contribution in [2.75, 3.05) is 0 Å². The molecule has 1 fully saturated rings. The van der Waals surface area contributed by atoms with E-state index < -0.39 is 5.97 Å². The quantitative estimate of drug-likeness (QED) is 0.205. The first-order valence-electron chi connectivity index (χ1n) is 10.1. The van der Waals surface area contributed by atoms with Crippen molar-refractivity contribution in [1.29, 1.82) is 0 Å².